The summed E-state index contributed by atoms with van der Waals surface area (Å²) in [5.74, 6) is 0.236. The van der Waals surface area contributed by atoms with Crippen LogP contribution in [0.2, 0.25) is 0 Å². The normalized spacial score (nSPS) is 11.0. The summed E-state index contributed by atoms with van der Waals surface area (Å²) in [6.45, 7) is 8.67. The van der Waals surface area contributed by atoms with E-state index in [9.17, 15) is 4.79 Å². The minimum atomic E-state index is -0.145. The number of esters is 1. The van der Waals surface area contributed by atoms with Gasteiger partial charge in [-0.1, -0.05) is 44.2 Å². The lowest BCUT2D eigenvalue weighted by Crippen LogP contribution is -2.05. The third kappa shape index (κ3) is 4.69. The average Bonchev–Trinajstić information content (AvgIpc) is 3.12. The highest BCUT2D eigenvalue weighted by atomic mass is 16.5. The first kappa shape index (κ1) is 19.9. The van der Waals surface area contributed by atoms with Crippen LogP contribution in [0.15, 0.2) is 54.7 Å². The van der Waals surface area contributed by atoms with E-state index in [-0.39, 0.29) is 5.97 Å². The molecule has 146 valence electrons. The Bertz CT molecular complexity index is 957. The molecule has 0 saturated carbocycles. The zero-order chi connectivity index (χ0) is 20.1. The molecule has 3 aromatic rings. The lowest BCUT2D eigenvalue weighted by Gasteiger charge is -2.15. The van der Waals surface area contributed by atoms with Crippen LogP contribution >= 0.6 is 0 Å². The van der Waals surface area contributed by atoms with Crippen molar-refractivity contribution in [2.24, 2.45) is 0 Å². The average molecular weight is 377 g/mol. The van der Waals surface area contributed by atoms with E-state index in [2.05, 4.69) is 61.4 Å². The van der Waals surface area contributed by atoms with E-state index in [4.69, 9.17) is 4.74 Å². The number of nitrogens with zero attached hydrogens (tertiary/aromatic N) is 2. The third-order valence-electron chi connectivity index (χ3n) is 4.80. The molecule has 0 N–H and O–H groups in total. The van der Waals surface area contributed by atoms with Crippen LogP contribution in [0.25, 0.3) is 16.8 Å². The number of carbonyl (C=O) groups excluding carboxylic acids is 1. The molecule has 3 rings (SSSR count). The first-order chi connectivity index (χ1) is 13.5. The van der Waals surface area contributed by atoms with E-state index < -0.39 is 0 Å². The van der Waals surface area contributed by atoms with Crippen LogP contribution < -0.4 is 0 Å². The van der Waals surface area contributed by atoms with E-state index >= 15 is 0 Å². The van der Waals surface area contributed by atoms with Crippen molar-refractivity contribution in [2.45, 2.75) is 46.5 Å². The fourth-order valence-corrected chi connectivity index (χ4v) is 3.34. The quantitative estimate of drug-likeness (QED) is 0.514. The SMILES string of the molecule is CCOC(=O)CCc1cccc(-c2ccc(-n3ccc(C)n3)c(C(C)C)c2)c1. The maximum absolute atomic E-state index is 11.6. The standard InChI is InChI=1S/C24H28N2O2/c1-5-28-24(27)12-9-19-7-6-8-20(15-19)21-10-11-23(22(16-21)17(2)3)26-14-13-18(4)25-26/h6-8,10-11,13-17H,5,9,12H2,1-4H3. The number of hydrogen-bond acceptors (Lipinski definition) is 3. The van der Waals surface area contributed by atoms with Crippen LogP contribution in [0, 0.1) is 6.92 Å². The molecule has 0 spiro atoms. The second-order valence-electron chi connectivity index (χ2n) is 7.34. The van der Waals surface area contributed by atoms with Crippen molar-refractivity contribution in [3.05, 3.63) is 71.5 Å². The Morgan fingerprint density at radius 3 is 2.57 bits per heavy atom. The molecule has 0 unspecified atom stereocenters. The van der Waals surface area contributed by atoms with Crippen LogP contribution in [-0.4, -0.2) is 22.4 Å². The monoisotopic (exact) mass is 376 g/mol. The molecule has 2 aromatic carbocycles. The van der Waals surface area contributed by atoms with Gasteiger partial charge in [-0.05, 0) is 66.6 Å². The maximum atomic E-state index is 11.6. The van der Waals surface area contributed by atoms with Crippen molar-refractivity contribution in [2.75, 3.05) is 6.61 Å². The van der Waals surface area contributed by atoms with Gasteiger partial charge in [0, 0.05) is 12.6 Å². The fraction of sp³-hybridized carbons (Fsp3) is 0.333. The van der Waals surface area contributed by atoms with Crippen molar-refractivity contribution in [3.8, 4) is 16.8 Å². The maximum Gasteiger partial charge on any atom is 0.306 e. The molecule has 4 heteroatoms. The van der Waals surface area contributed by atoms with Crippen molar-refractivity contribution < 1.29 is 9.53 Å². The van der Waals surface area contributed by atoms with E-state index in [1.807, 2.05) is 30.8 Å². The Morgan fingerprint density at radius 1 is 1.11 bits per heavy atom. The van der Waals surface area contributed by atoms with Gasteiger partial charge in [-0.3, -0.25) is 4.79 Å². The van der Waals surface area contributed by atoms with Crippen LogP contribution in [0.1, 0.15) is 49.9 Å². The smallest absolute Gasteiger partial charge is 0.306 e. The minimum Gasteiger partial charge on any atom is -0.466 e. The van der Waals surface area contributed by atoms with Crippen molar-refractivity contribution in [3.63, 3.8) is 0 Å². The van der Waals surface area contributed by atoms with Gasteiger partial charge in [0.1, 0.15) is 0 Å². The highest BCUT2D eigenvalue weighted by Gasteiger charge is 2.12. The van der Waals surface area contributed by atoms with E-state index in [0.717, 1.165) is 22.5 Å². The molecular weight excluding hydrogens is 348 g/mol. The molecule has 0 bridgehead atoms. The lowest BCUT2D eigenvalue weighted by atomic mass is 9.94. The first-order valence-electron chi connectivity index (χ1n) is 9.89. The minimum absolute atomic E-state index is 0.145. The molecule has 0 fully saturated rings. The molecule has 0 atom stereocenters. The number of hydrogen-bond donors (Lipinski definition) is 0. The molecule has 1 aromatic heterocycles. The van der Waals surface area contributed by atoms with E-state index in [1.54, 1.807) is 0 Å². The Balaban J connectivity index is 1.88. The molecule has 1 heterocycles. The summed E-state index contributed by atoms with van der Waals surface area (Å²) in [6.07, 6.45) is 3.10. The van der Waals surface area contributed by atoms with Crippen molar-refractivity contribution in [1.29, 1.82) is 0 Å². The molecule has 0 aliphatic heterocycles. The molecule has 0 radical (unpaired) electrons. The third-order valence-corrected chi connectivity index (χ3v) is 4.80. The van der Waals surface area contributed by atoms with Crippen LogP contribution in [0.4, 0.5) is 0 Å². The number of aryl methyl sites for hydroxylation is 2. The predicted molar refractivity (Wildman–Crippen MR) is 113 cm³/mol. The Hall–Kier alpha value is -2.88. The van der Waals surface area contributed by atoms with Gasteiger partial charge in [0.15, 0.2) is 0 Å². The lowest BCUT2D eigenvalue weighted by molar-refractivity contribution is -0.143. The number of benzene rings is 2. The highest BCUT2D eigenvalue weighted by Crippen LogP contribution is 2.29. The van der Waals surface area contributed by atoms with Gasteiger partial charge in [0.05, 0.1) is 18.0 Å². The van der Waals surface area contributed by atoms with Gasteiger partial charge in [-0.15, -0.1) is 0 Å². The molecule has 0 aliphatic rings. The summed E-state index contributed by atoms with van der Waals surface area (Å²) in [4.78, 5) is 11.6. The number of carbonyl (C=O) groups is 1. The van der Waals surface area contributed by atoms with E-state index in [1.165, 1.54) is 11.1 Å². The summed E-state index contributed by atoms with van der Waals surface area (Å²) in [5.41, 5.74) is 6.86. The van der Waals surface area contributed by atoms with Crippen molar-refractivity contribution in [1.82, 2.24) is 9.78 Å². The second kappa shape index (κ2) is 8.87. The van der Waals surface area contributed by atoms with Gasteiger partial charge >= 0.3 is 5.97 Å². The van der Waals surface area contributed by atoms with Crippen LogP contribution in [0.5, 0.6) is 0 Å². The summed E-state index contributed by atoms with van der Waals surface area (Å²) in [5, 5.41) is 4.57. The number of ether oxygens (including phenoxy) is 1. The second-order valence-corrected chi connectivity index (χ2v) is 7.34. The summed E-state index contributed by atoms with van der Waals surface area (Å²) < 4.78 is 6.98. The van der Waals surface area contributed by atoms with Crippen LogP contribution in [0.3, 0.4) is 0 Å². The van der Waals surface area contributed by atoms with Gasteiger partial charge < -0.3 is 4.74 Å². The molecular formula is C24H28N2O2. The largest absolute Gasteiger partial charge is 0.466 e. The zero-order valence-electron chi connectivity index (χ0n) is 17.1. The number of rotatable bonds is 7. The fourth-order valence-electron chi connectivity index (χ4n) is 3.34. The van der Waals surface area contributed by atoms with Gasteiger partial charge in [-0.25, -0.2) is 4.68 Å². The Morgan fingerprint density at radius 2 is 1.89 bits per heavy atom. The van der Waals surface area contributed by atoms with Gasteiger partial charge in [0.2, 0.25) is 0 Å². The Kier molecular flexibility index (Phi) is 6.30. The molecule has 4 nitrogen and oxygen atoms in total. The summed E-state index contributed by atoms with van der Waals surface area (Å²) >= 11 is 0. The molecule has 0 amide bonds. The molecule has 28 heavy (non-hydrogen) atoms. The summed E-state index contributed by atoms with van der Waals surface area (Å²) in [7, 11) is 0. The van der Waals surface area contributed by atoms with E-state index in [0.29, 0.717) is 25.4 Å². The van der Waals surface area contributed by atoms with Crippen LogP contribution in [-0.2, 0) is 16.0 Å². The van der Waals surface area contributed by atoms with Gasteiger partial charge in [0.25, 0.3) is 0 Å². The number of aromatic nitrogens is 2. The summed E-state index contributed by atoms with van der Waals surface area (Å²) in [6, 6.07) is 16.9. The zero-order valence-corrected chi connectivity index (χ0v) is 17.1. The first-order valence-corrected chi connectivity index (χ1v) is 9.89. The van der Waals surface area contributed by atoms with Gasteiger partial charge in [-0.2, -0.15) is 5.10 Å². The highest BCUT2D eigenvalue weighted by molar-refractivity contribution is 5.70. The molecule has 0 saturated heterocycles. The molecule has 0 aliphatic carbocycles. The topological polar surface area (TPSA) is 44.1 Å². The Labute approximate surface area is 167 Å². The predicted octanol–water partition coefficient (Wildman–Crippen LogP) is 5.47. The van der Waals surface area contributed by atoms with Crippen molar-refractivity contribution >= 4 is 5.97 Å².